The number of hydrogen-bond donors (Lipinski definition) is 0. The Bertz CT molecular complexity index is 313. The minimum absolute atomic E-state index is 0.0302. The lowest BCUT2D eigenvalue weighted by molar-refractivity contribution is -0.138. The van der Waals surface area contributed by atoms with Crippen molar-refractivity contribution in [2.24, 2.45) is 0 Å². The van der Waals surface area contributed by atoms with Gasteiger partial charge in [0.25, 0.3) is 0 Å². The maximum atomic E-state index is 12.3. The van der Waals surface area contributed by atoms with E-state index < -0.39 is 11.7 Å². The van der Waals surface area contributed by atoms with Crippen LogP contribution in [0.3, 0.4) is 0 Å². The van der Waals surface area contributed by atoms with Crippen LogP contribution in [0, 0.1) is 0 Å². The molecule has 0 aliphatic rings. The summed E-state index contributed by atoms with van der Waals surface area (Å²) in [6.45, 7) is 0. The van der Waals surface area contributed by atoms with Gasteiger partial charge in [-0.1, -0.05) is 27.5 Å². The minimum Gasteiger partial charge on any atom is -0.240 e. The Morgan fingerprint density at radius 1 is 1.38 bits per heavy atom. The lowest BCUT2D eigenvalue weighted by Crippen LogP contribution is -2.09. The number of hydrogen-bond acceptors (Lipinski definition) is 1. The summed E-state index contributed by atoms with van der Waals surface area (Å²) in [5, 5.41) is 0.0880. The molecule has 1 aromatic heterocycles. The number of alkyl halides is 4. The summed E-state index contributed by atoms with van der Waals surface area (Å²) in [5.74, 6) is 0. The normalized spacial score (nSPS) is 11.8. The predicted molar refractivity (Wildman–Crippen MR) is 46.9 cm³/mol. The Balaban J connectivity index is 3.22. The summed E-state index contributed by atoms with van der Waals surface area (Å²) in [4.78, 5) is 3.56. The van der Waals surface area contributed by atoms with Crippen LogP contribution in [0.1, 0.15) is 11.3 Å². The van der Waals surface area contributed by atoms with Crippen molar-refractivity contribution in [3.63, 3.8) is 0 Å². The van der Waals surface area contributed by atoms with E-state index in [0.29, 0.717) is 0 Å². The topological polar surface area (TPSA) is 12.9 Å². The molecule has 0 bridgehead atoms. The highest BCUT2D eigenvalue weighted by atomic mass is 79.9. The fraction of sp³-hybridized carbons (Fsp3) is 0.286. The quantitative estimate of drug-likeness (QED) is 0.563. The van der Waals surface area contributed by atoms with Crippen molar-refractivity contribution in [2.45, 2.75) is 11.5 Å². The van der Waals surface area contributed by atoms with Crippen LogP contribution < -0.4 is 0 Å². The molecule has 0 spiro atoms. The highest BCUT2D eigenvalue weighted by Gasteiger charge is 2.33. The average Bonchev–Trinajstić information content (AvgIpc) is 2.01. The second-order valence-electron chi connectivity index (χ2n) is 2.26. The largest absolute Gasteiger partial charge is 0.418 e. The number of aromatic nitrogens is 1. The molecule has 0 unspecified atom stereocenters. The van der Waals surface area contributed by atoms with Crippen LogP contribution in [-0.2, 0) is 11.5 Å². The van der Waals surface area contributed by atoms with Gasteiger partial charge in [-0.05, 0) is 12.1 Å². The zero-order valence-corrected chi connectivity index (χ0v) is 8.54. The van der Waals surface area contributed by atoms with Gasteiger partial charge >= 0.3 is 6.18 Å². The molecule has 0 atom stereocenters. The van der Waals surface area contributed by atoms with Gasteiger partial charge in [-0.25, -0.2) is 4.98 Å². The van der Waals surface area contributed by atoms with E-state index in [2.05, 4.69) is 20.9 Å². The van der Waals surface area contributed by atoms with Gasteiger partial charge in [0.15, 0.2) is 0 Å². The van der Waals surface area contributed by atoms with E-state index in [1.165, 1.54) is 0 Å². The molecule has 1 heterocycles. The molecule has 0 saturated heterocycles. The molecule has 0 N–H and O–H groups in total. The van der Waals surface area contributed by atoms with Gasteiger partial charge in [0, 0.05) is 5.33 Å². The predicted octanol–water partition coefficient (Wildman–Crippen LogP) is 3.65. The summed E-state index contributed by atoms with van der Waals surface area (Å²) in [6, 6.07) is 2.04. The highest BCUT2D eigenvalue weighted by molar-refractivity contribution is 9.08. The number of rotatable bonds is 1. The van der Waals surface area contributed by atoms with E-state index in [-0.39, 0.29) is 16.2 Å². The van der Waals surface area contributed by atoms with E-state index in [4.69, 9.17) is 11.6 Å². The molecule has 0 saturated carbocycles. The fourth-order valence-electron chi connectivity index (χ4n) is 0.835. The van der Waals surface area contributed by atoms with E-state index >= 15 is 0 Å². The lowest BCUT2D eigenvalue weighted by atomic mass is 10.2. The Morgan fingerprint density at radius 3 is 2.46 bits per heavy atom. The highest BCUT2D eigenvalue weighted by Crippen LogP contribution is 2.32. The molecule has 0 amide bonds. The molecule has 1 nitrogen and oxygen atoms in total. The smallest absolute Gasteiger partial charge is 0.240 e. The summed E-state index contributed by atoms with van der Waals surface area (Å²) in [6.07, 6.45) is -4.37. The van der Waals surface area contributed by atoms with Gasteiger partial charge in [0.2, 0.25) is 0 Å². The van der Waals surface area contributed by atoms with Crippen molar-refractivity contribution >= 4 is 27.5 Å². The van der Waals surface area contributed by atoms with Gasteiger partial charge in [-0.2, -0.15) is 13.2 Å². The molecular formula is C7H4BrClF3N. The first kappa shape index (κ1) is 10.8. The van der Waals surface area contributed by atoms with Gasteiger partial charge in [-0.15, -0.1) is 0 Å². The lowest BCUT2D eigenvalue weighted by Gasteiger charge is -2.09. The Morgan fingerprint density at radius 2 is 2.00 bits per heavy atom. The Labute approximate surface area is 86.0 Å². The fourth-order valence-corrected chi connectivity index (χ4v) is 1.43. The molecule has 0 radical (unpaired) electrons. The van der Waals surface area contributed by atoms with Gasteiger partial charge in [-0.3, -0.25) is 0 Å². The standard InChI is InChI=1S/C7H4BrClF3N/c8-3-5-4(7(10,11)12)1-2-6(9)13-5/h1-2H,3H2. The van der Waals surface area contributed by atoms with Gasteiger partial charge < -0.3 is 0 Å². The molecule has 13 heavy (non-hydrogen) atoms. The Kier molecular flexibility index (Phi) is 3.18. The molecule has 1 aromatic rings. The van der Waals surface area contributed by atoms with Crippen LogP contribution in [0.15, 0.2) is 12.1 Å². The van der Waals surface area contributed by atoms with Crippen LogP contribution in [0.4, 0.5) is 13.2 Å². The third-order valence-electron chi connectivity index (χ3n) is 1.37. The van der Waals surface area contributed by atoms with Crippen molar-refractivity contribution in [1.29, 1.82) is 0 Å². The molecule has 0 aliphatic heterocycles. The second-order valence-corrected chi connectivity index (χ2v) is 3.21. The van der Waals surface area contributed by atoms with Crippen molar-refractivity contribution in [3.8, 4) is 0 Å². The average molecular weight is 274 g/mol. The summed E-state index contributed by atoms with van der Waals surface area (Å²) in [5.41, 5.74) is -0.853. The zero-order chi connectivity index (χ0) is 10.1. The SMILES string of the molecule is FC(F)(F)c1ccc(Cl)nc1CBr. The maximum Gasteiger partial charge on any atom is 0.418 e. The van der Waals surface area contributed by atoms with Gasteiger partial charge in [0.05, 0.1) is 11.3 Å². The van der Waals surface area contributed by atoms with E-state index in [0.717, 1.165) is 12.1 Å². The molecule has 0 aromatic carbocycles. The molecule has 6 heteroatoms. The van der Waals surface area contributed by atoms with Crippen molar-refractivity contribution in [1.82, 2.24) is 4.98 Å². The first-order valence-corrected chi connectivity index (χ1v) is 4.73. The van der Waals surface area contributed by atoms with Crippen LogP contribution in [0.5, 0.6) is 0 Å². The van der Waals surface area contributed by atoms with E-state index in [1.54, 1.807) is 0 Å². The summed E-state index contributed by atoms with van der Waals surface area (Å²) in [7, 11) is 0. The third-order valence-corrected chi connectivity index (χ3v) is 2.11. The van der Waals surface area contributed by atoms with Crippen LogP contribution in [0.2, 0.25) is 5.15 Å². The monoisotopic (exact) mass is 273 g/mol. The van der Waals surface area contributed by atoms with Gasteiger partial charge in [0.1, 0.15) is 5.15 Å². The minimum atomic E-state index is -4.37. The molecular weight excluding hydrogens is 270 g/mol. The first-order valence-electron chi connectivity index (χ1n) is 3.23. The maximum absolute atomic E-state index is 12.3. The van der Waals surface area contributed by atoms with Crippen LogP contribution >= 0.6 is 27.5 Å². The number of nitrogens with zero attached hydrogens (tertiary/aromatic N) is 1. The zero-order valence-electron chi connectivity index (χ0n) is 6.20. The summed E-state index contributed by atoms with van der Waals surface area (Å²) >= 11 is 8.36. The molecule has 72 valence electrons. The van der Waals surface area contributed by atoms with E-state index in [1.807, 2.05) is 0 Å². The van der Waals surface area contributed by atoms with Crippen molar-refractivity contribution < 1.29 is 13.2 Å². The third kappa shape index (κ3) is 2.57. The number of pyridine rings is 1. The van der Waals surface area contributed by atoms with Crippen molar-refractivity contribution in [2.75, 3.05) is 0 Å². The number of halogens is 5. The van der Waals surface area contributed by atoms with E-state index in [9.17, 15) is 13.2 Å². The van der Waals surface area contributed by atoms with Crippen LogP contribution in [0.25, 0.3) is 0 Å². The molecule has 0 fully saturated rings. The Hall–Kier alpha value is -0.290. The second kappa shape index (κ2) is 3.84. The molecule has 0 aliphatic carbocycles. The first-order chi connectivity index (χ1) is 5.95. The summed E-state index contributed by atoms with van der Waals surface area (Å²) < 4.78 is 36.8. The van der Waals surface area contributed by atoms with Crippen LogP contribution in [-0.4, -0.2) is 4.98 Å². The van der Waals surface area contributed by atoms with Crippen molar-refractivity contribution in [3.05, 3.63) is 28.5 Å². The molecule has 1 rings (SSSR count).